The molecule has 0 bridgehead atoms. The standard InChI is InChI=1S/C24H6N6S2/c25-7-11-1-3-13-15(5-11)19(29-9-27)21-17(13)23-24(31-21)18-14-4-2-12(8-26)6-16(14)20(30-10-28)22(18)32-23/h1-6H. The Morgan fingerprint density at radius 3 is 1.38 bits per heavy atom. The summed E-state index contributed by atoms with van der Waals surface area (Å²) in [6.45, 7) is 0. The summed E-state index contributed by atoms with van der Waals surface area (Å²) in [7, 11) is 0. The Morgan fingerprint density at radius 1 is 0.562 bits per heavy atom. The summed E-state index contributed by atoms with van der Waals surface area (Å²) in [6, 6.07) is 15.2. The van der Waals surface area contributed by atoms with E-state index in [2.05, 4.69) is 22.1 Å². The van der Waals surface area contributed by atoms with E-state index in [1.165, 1.54) is 0 Å². The minimum absolute atomic E-state index is 0.514. The molecule has 0 amide bonds. The molecule has 6 rings (SSSR count). The maximum atomic E-state index is 9.30. The molecule has 2 aromatic heterocycles. The van der Waals surface area contributed by atoms with Crippen molar-refractivity contribution in [2.24, 2.45) is 9.98 Å². The van der Waals surface area contributed by atoms with Gasteiger partial charge in [-0.3, -0.25) is 0 Å². The number of rotatable bonds is 0. The van der Waals surface area contributed by atoms with Crippen LogP contribution in [0.25, 0.3) is 51.1 Å². The summed E-state index contributed by atoms with van der Waals surface area (Å²) in [4.78, 5) is 8.17. The zero-order valence-corrected chi connectivity index (χ0v) is 17.6. The molecule has 0 aliphatic heterocycles. The van der Waals surface area contributed by atoms with Gasteiger partial charge >= 0.3 is 0 Å². The van der Waals surface area contributed by atoms with Gasteiger partial charge in [0.15, 0.2) is 0 Å². The molecule has 8 heteroatoms. The van der Waals surface area contributed by atoms with Crippen LogP contribution in [0.15, 0.2) is 46.4 Å². The minimum atomic E-state index is 0.514. The van der Waals surface area contributed by atoms with Gasteiger partial charge in [0.1, 0.15) is 10.7 Å². The van der Waals surface area contributed by atoms with Gasteiger partial charge < -0.3 is 0 Å². The number of fused-ring (bicyclic) bond motifs is 9. The second kappa shape index (κ2) is 6.45. The zero-order valence-electron chi connectivity index (χ0n) is 16.0. The zero-order chi connectivity index (χ0) is 22.0. The van der Waals surface area contributed by atoms with Gasteiger partial charge in [-0.15, -0.1) is 22.7 Å². The van der Waals surface area contributed by atoms with E-state index >= 15 is 0 Å². The molecular formula is C24H6N6S2. The number of benzene rings is 2. The summed E-state index contributed by atoms with van der Waals surface area (Å²) in [5, 5.41) is 43.8. The molecule has 6 nitrogen and oxygen atoms in total. The maximum Gasteiger partial charge on any atom is 0.206 e. The van der Waals surface area contributed by atoms with Gasteiger partial charge in [-0.05, 0) is 35.0 Å². The van der Waals surface area contributed by atoms with Crippen molar-refractivity contribution in [3.8, 4) is 24.5 Å². The molecule has 0 unspecified atom stereocenters. The van der Waals surface area contributed by atoms with Gasteiger partial charge in [0.05, 0.1) is 42.1 Å². The van der Waals surface area contributed by atoms with E-state index in [-0.39, 0.29) is 0 Å². The first kappa shape index (κ1) is 18.2. The molecule has 0 atom stereocenters. The minimum Gasteiger partial charge on any atom is -0.192 e. The van der Waals surface area contributed by atoms with Crippen molar-refractivity contribution in [2.75, 3.05) is 0 Å². The van der Waals surface area contributed by atoms with E-state index in [0.29, 0.717) is 21.8 Å². The fourth-order valence-electron chi connectivity index (χ4n) is 4.38. The van der Waals surface area contributed by atoms with E-state index < -0.39 is 0 Å². The van der Waals surface area contributed by atoms with Gasteiger partial charge in [-0.25, -0.2) is 0 Å². The third kappa shape index (κ3) is 2.17. The predicted octanol–water partition coefficient (Wildman–Crippen LogP) is 4.96. The fraction of sp³-hybridized carbons (Fsp3) is 0. The van der Waals surface area contributed by atoms with Crippen LogP contribution in [-0.2, 0) is 0 Å². The van der Waals surface area contributed by atoms with Gasteiger partial charge in [-0.2, -0.15) is 31.0 Å². The Morgan fingerprint density at radius 2 is 1.00 bits per heavy atom. The molecule has 0 saturated heterocycles. The van der Waals surface area contributed by atoms with Crippen molar-refractivity contribution in [3.63, 3.8) is 0 Å². The smallest absolute Gasteiger partial charge is 0.192 e. The molecule has 4 aromatic carbocycles. The Labute approximate surface area is 187 Å². The molecule has 2 heterocycles. The highest BCUT2D eigenvalue weighted by Gasteiger charge is 2.22. The lowest BCUT2D eigenvalue weighted by molar-refractivity contribution is 1.38. The highest BCUT2D eigenvalue weighted by atomic mass is 32.1. The number of nitriles is 4. The summed E-state index contributed by atoms with van der Waals surface area (Å²) in [6.07, 6.45) is 3.80. The van der Waals surface area contributed by atoms with Crippen molar-refractivity contribution in [1.82, 2.24) is 0 Å². The molecule has 144 valence electrons. The van der Waals surface area contributed by atoms with E-state index in [1.54, 1.807) is 46.9 Å². The number of hydrogen-bond donors (Lipinski definition) is 0. The third-order valence-electron chi connectivity index (χ3n) is 5.62. The predicted molar refractivity (Wildman–Crippen MR) is 124 cm³/mol. The molecule has 0 aliphatic carbocycles. The van der Waals surface area contributed by atoms with Crippen LogP contribution in [0, 0.1) is 45.6 Å². The van der Waals surface area contributed by atoms with Crippen molar-refractivity contribution in [3.05, 3.63) is 58.2 Å². The first-order valence-corrected chi connectivity index (χ1v) is 11.0. The number of thiophene rings is 2. The van der Waals surface area contributed by atoms with E-state index in [4.69, 9.17) is 0 Å². The van der Waals surface area contributed by atoms with Gasteiger partial charge in [0.2, 0.25) is 12.4 Å². The van der Waals surface area contributed by atoms with Crippen LogP contribution in [0.5, 0.6) is 0 Å². The van der Waals surface area contributed by atoms with Crippen LogP contribution in [0.4, 0.5) is 0 Å². The van der Waals surface area contributed by atoms with Crippen LogP contribution in [-0.4, -0.2) is 0 Å². The molecule has 0 spiro atoms. The highest BCUT2D eigenvalue weighted by Crippen LogP contribution is 2.47. The second-order valence-corrected chi connectivity index (χ2v) is 9.18. The monoisotopic (exact) mass is 442 g/mol. The summed E-state index contributed by atoms with van der Waals surface area (Å²) >= 11 is 3.11. The van der Waals surface area contributed by atoms with Crippen molar-refractivity contribution in [2.45, 2.75) is 0 Å². The van der Waals surface area contributed by atoms with E-state index in [9.17, 15) is 21.0 Å². The quantitative estimate of drug-likeness (QED) is 0.309. The summed E-state index contributed by atoms with van der Waals surface area (Å²) < 4.78 is 3.90. The van der Waals surface area contributed by atoms with Crippen LogP contribution >= 0.6 is 22.7 Å². The SMILES string of the molecule is N#CN=c1c2cc(C#N)ccc2c2c1sc1c2sc2c(=NC#N)c3cc(C#N)ccc3c21. The second-order valence-electron chi connectivity index (χ2n) is 7.14. The normalized spacial score (nSPS) is 12.6. The van der Waals surface area contributed by atoms with Gasteiger partial charge in [0.25, 0.3) is 0 Å². The van der Waals surface area contributed by atoms with Gasteiger partial charge in [0, 0.05) is 21.5 Å². The van der Waals surface area contributed by atoms with Crippen LogP contribution in [0.2, 0.25) is 0 Å². The number of nitrogens with zero attached hydrogens (tertiary/aromatic N) is 6. The van der Waals surface area contributed by atoms with Crippen molar-refractivity contribution >= 4 is 73.8 Å². The molecule has 0 N–H and O–H groups in total. The molecule has 0 radical (unpaired) electrons. The van der Waals surface area contributed by atoms with Crippen molar-refractivity contribution in [1.29, 1.82) is 21.0 Å². The molecule has 6 aromatic rings. The molecule has 0 fully saturated rings. The lowest BCUT2D eigenvalue weighted by atomic mass is 10.1. The Hall–Kier alpha value is -4.60. The van der Waals surface area contributed by atoms with E-state index in [1.807, 2.05) is 24.5 Å². The highest BCUT2D eigenvalue weighted by molar-refractivity contribution is 7.37. The first-order chi connectivity index (χ1) is 15.7. The van der Waals surface area contributed by atoms with Crippen LogP contribution in [0.1, 0.15) is 11.1 Å². The third-order valence-corrected chi connectivity index (χ3v) is 8.18. The lowest BCUT2D eigenvalue weighted by Crippen LogP contribution is -1.96. The largest absolute Gasteiger partial charge is 0.206 e. The van der Waals surface area contributed by atoms with E-state index in [0.717, 1.165) is 51.1 Å². The van der Waals surface area contributed by atoms with Crippen LogP contribution in [0.3, 0.4) is 0 Å². The van der Waals surface area contributed by atoms with Crippen LogP contribution < -0.4 is 10.7 Å². The molecule has 0 aliphatic rings. The molecule has 0 saturated carbocycles. The average molecular weight is 442 g/mol. The Balaban J connectivity index is 1.89. The lowest BCUT2D eigenvalue weighted by Gasteiger charge is -1.93. The summed E-state index contributed by atoms with van der Waals surface area (Å²) in [5.74, 6) is 0. The maximum absolute atomic E-state index is 9.30. The molecular weight excluding hydrogens is 436 g/mol. The topological polar surface area (TPSA) is 120 Å². The fourth-order valence-corrected chi connectivity index (χ4v) is 7.32. The molecule has 32 heavy (non-hydrogen) atoms. The Kier molecular flexibility index (Phi) is 3.66. The number of hydrogen-bond acceptors (Lipinski definition) is 8. The Bertz CT molecular complexity index is 1930. The first-order valence-electron chi connectivity index (χ1n) is 9.33. The summed E-state index contributed by atoms with van der Waals surface area (Å²) in [5.41, 5.74) is 1.03. The average Bonchev–Trinajstić information content (AvgIpc) is 3.51. The van der Waals surface area contributed by atoms with Crippen molar-refractivity contribution < 1.29 is 0 Å². The van der Waals surface area contributed by atoms with Gasteiger partial charge in [-0.1, -0.05) is 12.1 Å².